The van der Waals surface area contributed by atoms with Gasteiger partial charge in [0.15, 0.2) is 5.65 Å². The van der Waals surface area contributed by atoms with Crippen molar-refractivity contribution in [2.75, 3.05) is 23.8 Å². The summed E-state index contributed by atoms with van der Waals surface area (Å²) in [5.74, 6) is 2.40. The fourth-order valence-electron chi connectivity index (χ4n) is 4.81. The van der Waals surface area contributed by atoms with E-state index in [1.165, 1.54) is 0 Å². The van der Waals surface area contributed by atoms with Crippen LogP contribution in [-0.4, -0.2) is 33.8 Å². The van der Waals surface area contributed by atoms with Crippen LogP contribution >= 0.6 is 15.9 Å². The maximum absolute atomic E-state index is 6.37. The molecular weight excluding hydrogens is 492 g/mol. The summed E-state index contributed by atoms with van der Waals surface area (Å²) in [6, 6.07) is 17.0. The van der Waals surface area contributed by atoms with Gasteiger partial charge in [0.1, 0.15) is 0 Å². The van der Waals surface area contributed by atoms with Gasteiger partial charge in [-0.3, -0.25) is 4.90 Å². The number of halogens is 1. The molecule has 5 rings (SSSR count). The highest BCUT2D eigenvalue weighted by molar-refractivity contribution is 9.10. The van der Waals surface area contributed by atoms with Crippen LogP contribution in [0.15, 0.2) is 65.4 Å². The number of nitrogen functional groups attached to an aromatic ring is 1. The lowest BCUT2D eigenvalue weighted by atomic mass is 10.0. The number of hydrogen-bond acceptors (Lipinski definition) is 5. The Morgan fingerprint density at radius 1 is 1.24 bits per heavy atom. The Labute approximate surface area is 208 Å². The standard InChI is InChI=1S/C26H29BrN6O/c1-17-12-19(15-32(17)25-9-5-8-24(28)31(25)3)16-34-18(2)20-6-4-7-21(13-20)23-14-22(27)26-29-10-11-33(26)30-23/h4-11,13-14,17-19,28H,12,15-16H2,1-3H3/p+1. The van der Waals surface area contributed by atoms with Crippen molar-refractivity contribution in [3.8, 4) is 11.3 Å². The van der Waals surface area contributed by atoms with E-state index in [-0.39, 0.29) is 6.10 Å². The predicted molar refractivity (Wildman–Crippen MR) is 137 cm³/mol. The molecule has 3 atom stereocenters. The molecule has 8 heteroatoms. The van der Waals surface area contributed by atoms with E-state index in [4.69, 9.17) is 15.6 Å². The van der Waals surface area contributed by atoms with Crippen LogP contribution in [0.4, 0.5) is 11.6 Å². The smallest absolute Gasteiger partial charge is 0.223 e. The van der Waals surface area contributed by atoms with E-state index in [9.17, 15) is 0 Å². The molecule has 0 radical (unpaired) electrons. The van der Waals surface area contributed by atoms with Gasteiger partial charge >= 0.3 is 0 Å². The van der Waals surface area contributed by atoms with Gasteiger partial charge in [-0.1, -0.05) is 18.2 Å². The fraction of sp³-hybridized carbons (Fsp3) is 0.346. The third kappa shape index (κ3) is 4.40. The SMILES string of the molecule is CC(OCC1CC(C)N(c2cccc(N)[n+]2C)C1)c1cccc(-c2cc(Br)c3nccn3n2)c1. The predicted octanol–water partition coefficient (Wildman–Crippen LogP) is 4.56. The molecule has 0 bridgehead atoms. The van der Waals surface area contributed by atoms with Crippen LogP contribution in [0.3, 0.4) is 0 Å². The molecule has 7 nitrogen and oxygen atoms in total. The van der Waals surface area contributed by atoms with E-state index in [1.54, 1.807) is 10.7 Å². The Balaban J connectivity index is 1.26. The fourth-order valence-corrected chi connectivity index (χ4v) is 5.31. The summed E-state index contributed by atoms with van der Waals surface area (Å²) in [6.07, 6.45) is 4.70. The van der Waals surface area contributed by atoms with Gasteiger partial charge in [-0.2, -0.15) is 5.10 Å². The van der Waals surface area contributed by atoms with E-state index in [0.29, 0.717) is 12.0 Å². The summed E-state index contributed by atoms with van der Waals surface area (Å²) < 4.78 is 11.1. The maximum atomic E-state index is 6.37. The van der Waals surface area contributed by atoms with Gasteiger partial charge in [-0.25, -0.2) is 14.1 Å². The lowest BCUT2D eigenvalue weighted by Crippen LogP contribution is -2.42. The highest BCUT2D eigenvalue weighted by atomic mass is 79.9. The number of fused-ring (bicyclic) bond motifs is 1. The van der Waals surface area contributed by atoms with E-state index in [1.807, 2.05) is 31.4 Å². The zero-order chi connectivity index (χ0) is 23.8. The second-order valence-corrected chi connectivity index (χ2v) is 10.00. The Morgan fingerprint density at radius 2 is 2.06 bits per heavy atom. The minimum atomic E-state index is -0.00629. The van der Waals surface area contributed by atoms with E-state index in [2.05, 4.69) is 74.6 Å². The first kappa shape index (κ1) is 22.8. The maximum Gasteiger partial charge on any atom is 0.223 e. The van der Waals surface area contributed by atoms with Gasteiger partial charge in [0.25, 0.3) is 0 Å². The first-order valence-corrected chi connectivity index (χ1v) is 12.4. The van der Waals surface area contributed by atoms with Crippen LogP contribution in [0.25, 0.3) is 16.9 Å². The lowest BCUT2D eigenvalue weighted by molar-refractivity contribution is -0.644. The molecule has 1 fully saturated rings. The summed E-state index contributed by atoms with van der Waals surface area (Å²) >= 11 is 3.61. The average molecular weight is 522 g/mol. The number of aromatic nitrogens is 4. The molecule has 1 aliphatic heterocycles. The molecule has 34 heavy (non-hydrogen) atoms. The molecule has 3 unspecified atom stereocenters. The third-order valence-electron chi connectivity index (χ3n) is 6.75. The Morgan fingerprint density at radius 3 is 2.91 bits per heavy atom. The number of benzene rings is 1. The Hall–Kier alpha value is -2.97. The average Bonchev–Trinajstić information content (AvgIpc) is 3.46. The largest absolute Gasteiger partial charge is 0.373 e. The highest BCUT2D eigenvalue weighted by Gasteiger charge is 2.35. The summed E-state index contributed by atoms with van der Waals surface area (Å²) in [4.78, 5) is 6.76. The van der Waals surface area contributed by atoms with Gasteiger partial charge in [0, 0.05) is 36.0 Å². The zero-order valence-electron chi connectivity index (χ0n) is 19.7. The van der Waals surface area contributed by atoms with Gasteiger partial charge < -0.3 is 10.5 Å². The van der Waals surface area contributed by atoms with Gasteiger partial charge in [0.2, 0.25) is 11.6 Å². The van der Waals surface area contributed by atoms with E-state index < -0.39 is 0 Å². The first-order chi connectivity index (χ1) is 16.4. The number of nitrogens with two attached hydrogens (primary N) is 1. The van der Waals surface area contributed by atoms with Crippen LogP contribution in [0, 0.1) is 5.92 Å². The zero-order valence-corrected chi connectivity index (χ0v) is 21.3. The molecule has 0 amide bonds. The molecule has 1 aliphatic rings. The van der Waals surface area contributed by atoms with Crippen molar-refractivity contribution in [2.24, 2.45) is 13.0 Å². The minimum absolute atomic E-state index is 0.00629. The second-order valence-electron chi connectivity index (χ2n) is 9.14. The number of hydrogen-bond donors (Lipinski definition) is 1. The number of anilines is 2. The van der Waals surface area contributed by atoms with Crippen LogP contribution < -0.4 is 15.2 Å². The Bertz CT molecular complexity index is 1320. The summed E-state index contributed by atoms with van der Waals surface area (Å²) in [5.41, 5.74) is 10.0. The monoisotopic (exact) mass is 521 g/mol. The van der Waals surface area contributed by atoms with Crippen LogP contribution in [-0.2, 0) is 11.8 Å². The molecule has 1 aromatic carbocycles. The topological polar surface area (TPSA) is 72.6 Å². The molecule has 0 spiro atoms. The number of rotatable bonds is 6. The van der Waals surface area contributed by atoms with Crippen molar-refractivity contribution in [1.82, 2.24) is 14.6 Å². The summed E-state index contributed by atoms with van der Waals surface area (Å²) in [7, 11) is 2.02. The van der Waals surface area contributed by atoms with Crippen molar-refractivity contribution in [2.45, 2.75) is 32.4 Å². The van der Waals surface area contributed by atoms with Crippen molar-refractivity contribution < 1.29 is 9.30 Å². The van der Waals surface area contributed by atoms with E-state index >= 15 is 0 Å². The lowest BCUT2D eigenvalue weighted by Gasteiger charge is -2.21. The van der Waals surface area contributed by atoms with Crippen molar-refractivity contribution in [3.05, 3.63) is 71.0 Å². The summed E-state index contributed by atoms with van der Waals surface area (Å²) in [5, 5.41) is 4.70. The van der Waals surface area contributed by atoms with Crippen molar-refractivity contribution in [3.63, 3.8) is 0 Å². The molecule has 2 N–H and O–H groups in total. The molecule has 176 valence electrons. The minimum Gasteiger partial charge on any atom is -0.373 e. The van der Waals surface area contributed by atoms with Gasteiger partial charge in [0.05, 0.1) is 42.5 Å². The molecule has 4 heterocycles. The first-order valence-electron chi connectivity index (χ1n) is 11.6. The normalized spacial score (nSPS) is 19.1. The highest BCUT2D eigenvalue weighted by Crippen LogP contribution is 2.30. The molecular formula is C26H30BrN6O+. The van der Waals surface area contributed by atoms with Crippen LogP contribution in [0.1, 0.15) is 31.9 Å². The molecule has 0 aliphatic carbocycles. The van der Waals surface area contributed by atoms with Crippen molar-refractivity contribution >= 4 is 33.2 Å². The van der Waals surface area contributed by atoms with Gasteiger partial charge in [-0.15, -0.1) is 0 Å². The number of pyridine rings is 1. The quantitative estimate of drug-likeness (QED) is 0.376. The molecule has 1 saturated heterocycles. The third-order valence-corrected chi connectivity index (χ3v) is 7.33. The van der Waals surface area contributed by atoms with Crippen LogP contribution in [0.2, 0.25) is 0 Å². The molecule has 4 aromatic rings. The van der Waals surface area contributed by atoms with E-state index in [0.717, 1.165) is 58.1 Å². The Kier molecular flexibility index (Phi) is 6.27. The second kappa shape index (κ2) is 9.35. The molecule has 0 saturated carbocycles. The van der Waals surface area contributed by atoms with Crippen molar-refractivity contribution in [1.29, 1.82) is 0 Å². The number of nitrogens with zero attached hydrogens (tertiary/aromatic N) is 5. The van der Waals surface area contributed by atoms with Crippen LogP contribution in [0.5, 0.6) is 0 Å². The molecule has 3 aromatic heterocycles. The summed E-state index contributed by atoms with van der Waals surface area (Å²) in [6.45, 7) is 6.09. The van der Waals surface area contributed by atoms with Gasteiger partial charge in [-0.05, 0) is 60.0 Å². The number of ether oxygens (including phenoxy) is 1. The number of imidazole rings is 1.